The summed E-state index contributed by atoms with van der Waals surface area (Å²) in [4.78, 5) is 25.7. The van der Waals surface area contributed by atoms with E-state index in [4.69, 9.17) is 11.5 Å². The fourth-order valence-electron chi connectivity index (χ4n) is 7.43. The van der Waals surface area contributed by atoms with E-state index >= 15 is 0 Å². The van der Waals surface area contributed by atoms with Crippen molar-refractivity contribution >= 4 is 44.7 Å². The van der Waals surface area contributed by atoms with Gasteiger partial charge >= 0.3 is 0 Å². The molecule has 0 atom stereocenters. The van der Waals surface area contributed by atoms with Crippen LogP contribution in [0.4, 0.5) is 22.7 Å². The van der Waals surface area contributed by atoms with Crippen LogP contribution in [0, 0.1) is 0 Å². The molecule has 0 aliphatic rings. The summed E-state index contributed by atoms with van der Waals surface area (Å²) in [6, 6.07) is 37.6. The van der Waals surface area contributed by atoms with Gasteiger partial charge in [-0.15, -0.1) is 0 Å². The smallest absolute Gasteiger partial charge is 0.294 e. The van der Waals surface area contributed by atoms with Crippen molar-refractivity contribution in [2.75, 3.05) is 16.0 Å². The summed E-state index contributed by atoms with van der Waals surface area (Å²) in [7, 11) is -4.91. The fraction of sp³-hybridized carbons (Fsp3) is 0.224. The summed E-state index contributed by atoms with van der Waals surface area (Å²) < 4.78 is 37.8. The molecule has 0 bridgehead atoms. The van der Waals surface area contributed by atoms with E-state index in [0.717, 1.165) is 11.1 Å². The predicted octanol–water partition coefficient (Wildman–Crippen LogP) is 9.58. The number of nitrogens with two attached hydrogens (primary N) is 2. The maximum Gasteiger partial charge on any atom is 0.294 e. The van der Waals surface area contributed by atoms with Crippen LogP contribution >= 0.6 is 0 Å². The van der Waals surface area contributed by atoms with Gasteiger partial charge in [0.05, 0.1) is 11.1 Å². The highest BCUT2D eigenvalue weighted by atomic mass is 32.2. The Hall–Kier alpha value is -6.63. The Bertz CT molecular complexity index is 2550. The molecule has 0 saturated heterocycles. The summed E-state index contributed by atoms with van der Waals surface area (Å²) in [6.45, 7) is 12.8. The minimum atomic E-state index is -4.91. The first-order valence-electron chi connectivity index (χ1n) is 19.9. The van der Waals surface area contributed by atoms with Crippen molar-refractivity contribution in [2.24, 2.45) is 11.5 Å². The molecular formula is C49H53N5O6S. The third-order valence-corrected chi connectivity index (χ3v) is 11.5. The standard InChI is InChI=1S/C49H53N5O6S/c1-48(2,3)39-25-35(26-40(45(39)55)49(4,5)6)54-34-19-20-36(43(27-34)61(58,59)60)44(32-17-21-41(37(23-32)46(50)56)52-28-30-13-9-7-10-14-30)33-18-22-42(38(24-33)47(51)57)53-29-31-15-11-8-12-16-31/h7-27,44,52-55H,28-29H2,1-6H3,(H2,50,56)(H2,51,57)(H,58,59,60). The maximum absolute atomic E-state index is 13.5. The molecule has 61 heavy (non-hydrogen) atoms. The molecule has 0 aliphatic heterocycles. The van der Waals surface area contributed by atoms with E-state index < -0.39 is 43.6 Å². The number of carbonyl (C=O) groups excluding carboxylic acids is 2. The van der Waals surface area contributed by atoms with Gasteiger partial charge in [-0.1, -0.05) is 120 Å². The molecule has 0 heterocycles. The maximum atomic E-state index is 13.5. The SMILES string of the molecule is CC(C)(C)c1cc(Nc2ccc(C(c3ccc(NCc4ccccc4)c(C(N)=O)c3)c3ccc(NCc4ccccc4)c(C(N)=O)c3)c(S(=O)(=O)O)c2)cc(C(C)(C)C)c1O. The van der Waals surface area contributed by atoms with Gasteiger partial charge in [0, 0.05) is 52.9 Å². The van der Waals surface area contributed by atoms with Gasteiger partial charge in [0.1, 0.15) is 10.6 Å². The van der Waals surface area contributed by atoms with Crippen molar-refractivity contribution in [1.82, 2.24) is 0 Å². The molecule has 0 radical (unpaired) electrons. The number of phenols is 1. The van der Waals surface area contributed by atoms with Gasteiger partial charge in [-0.3, -0.25) is 14.1 Å². The molecule has 0 saturated carbocycles. The van der Waals surface area contributed by atoms with Gasteiger partial charge in [-0.05, 0) is 87.2 Å². The van der Waals surface area contributed by atoms with Crippen LogP contribution in [0.15, 0.2) is 132 Å². The monoisotopic (exact) mass is 839 g/mol. The third kappa shape index (κ3) is 10.4. The number of hydrogen-bond acceptors (Lipinski definition) is 8. The number of carbonyl (C=O) groups is 2. The lowest BCUT2D eigenvalue weighted by atomic mass is 9.79. The third-order valence-electron chi connectivity index (χ3n) is 10.6. The number of amides is 2. The van der Waals surface area contributed by atoms with Crippen LogP contribution in [-0.2, 0) is 34.0 Å². The fourth-order valence-corrected chi connectivity index (χ4v) is 8.19. The Kier molecular flexibility index (Phi) is 12.6. The van der Waals surface area contributed by atoms with Crippen molar-refractivity contribution in [3.05, 3.63) is 177 Å². The number of aromatic hydroxyl groups is 1. The van der Waals surface area contributed by atoms with Gasteiger partial charge in [-0.25, -0.2) is 0 Å². The first-order valence-corrected chi connectivity index (χ1v) is 21.3. The highest BCUT2D eigenvalue weighted by molar-refractivity contribution is 7.85. The molecule has 9 N–H and O–H groups in total. The van der Waals surface area contributed by atoms with Crippen LogP contribution < -0.4 is 27.4 Å². The minimum absolute atomic E-state index is 0.151. The second-order valence-electron chi connectivity index (χ2n) is 17.2. The van der Waals surface area contributed by atoms with E-state index in [1.54, 1.807) is 48.5 Å². The van der Waals surface area contributed by atoms with Crippen molar-refractivity contribution < 1.29 is 27.7 Å². The lowest BCUT2D eigenvalue weighted by molar-refractivity contribution is 0.0992. The molecule has 6 aromatic rings. The molecule has 0 unspecified atom stereocenters. The van der Waals surface area contributed by atoms with E-state index in [2.05, 4.69) is 16.0 Å². The van der Waals surface area contributed by atoms with E-state index in [1.807, 2.05) is 114 Å². The molecule has 0 aliphatic carbocycles. The number of rotatable bonds is 14. The Morgan fingerprint density at radius 1 is 0.607 bits per heavy atom. The van der Waals surface area contributed by atoms with Crippen molar-refractivity contribution in [1.29, 1.82) is 0 Å². The molecule has 0 aromatic heterocycles. The average Bonchev–Trinajstić information content (AvgIpc) is 3.20. The van der Waals surface area contributed by atoms with Crippen LogP contribution in [0.2, 0.25) is 0 Å². The molecule has 0 spiro atoms. The first kappa shape index (κ1) is 43.9. The van der Waals surface area contributed by atoms with Crippen molar-refractivity contribution in [3.63, 3.8) is 0 Å². The van der Waals surface area contributed by atoms with Gasteiger partial charge in [0.15, 0.2) is 0 Å². The number of benzene rings is 6. The average molecular weight is 840 g/mol. The van der Waals surface area contributed by atoms with Gasteiger partial charge < -0.3 is 32.5 Å². The second kappa shape index (κ2) is 17.5. The van der Waals surface area contributed by atoms with Crippen LogP contribution in [0.5, 0.6) is 5.75 Å². The summed E-state index contributed by atoms with van der Waals surface area (Å²) in [5.74, 6) is -2.22. The van der Waals surface area contributed by atoms with Crippen molar-refractivity contribution in [2.45, 2.75) is 76.3 Å². The van der Waals surface area contributed by atoms with E-state index in [0.29, 0.717) is 58.1 Å². The molecule has 0 fully saturated rings. The molecule has 2 amide bonds. The van der Waals surface area contributed by atoms with E-state index in [9.17, 15) is 27.7 Å². The Morgan fingerprint density at radius 3 is 1.44 bits per heavy atom. The molecule has 12 heteroatoms. The minimum Gasteiger partial charge on any atom is -0.507 e. The van der Waals surface area contributed by atoms with E-state index in [1.165, 1.54) is 6.07 Å². The van der Waals surface area contributed by atoms with Crippen LogP contribution in [-0.4, -0.2) is 29.9 Å². The van der Waals surface area contributed by atoms with Crippen LogP contribution in [0.1, 0.15) is 107 Å². The number of nitrogens with one attached hydrogen (secondary N) is 3. The number of anilines is 4. The number of phenolic OH excluding ortho intramolecular Hbond substituents is 1. The summed E-state index contributed by atoms with van der Waals surface area (Å²) in [5.41, 5.74) is 17.7. The summed E-state index contributed by atoms with van der Waals surface area (Å²) in [6.07, 6.45) is 0. The highest BCUT2D eigenvalue weighted by Gasteiger charge is 2.30. The van der Waals surface area contributed by atoms with Gasteiger partial charge in [0.2, 0.25) is 0 Å². The van der Waals surface area contributed by atoms with E-state index in [-0.39, 0.29) is 22.4 Å². The lowest BCUT2D eigenvalue weighted by Gasteiger charge is -2.28. The molecular weight excluding hydrogens is 787 g/mol. The van der Waals surface area contributed by atoms with Crippen molar-refractivity contribution in [3.8, 4) is 5.75 Å². The first-order chi connectivity index (χ1) is 28.7. The van der Waals surface area contributed by atoms with Gasteiger partial charge in [-0.2, -0.15) is 8.42 Å². The Labute approximate surface area is 358 Å². The number of primary amides is 2. The molecule has 316 valence electrons. The van der Waals surface area contributed by atoms with Crippen LogP contribution in [0.3, 0.4) is 0 Å². The molecule has 11 nitrogen and oxygen atoms in total. The summed E-state index contributed by atoms with van der Waals surface area (Å²) in [5, 5.41) is 21.2. The zero-order chi connectivity index (χ0) is 44.3. The lowest BCUT2D eigenvalue weighted by Crippen LogP contribution is -2.18. The normalized spacial score (nSPS) is 11.9. The predicted molar refractivity (Wildman–Crippen MR) is 243 cm³/mol. The molecule has 6 rings (SSSR count). The quantitative estimate of drug-likeness (QED) is 0.0317. The largest absolute Gasteiger partial charge is 0.507 e. The zero-order valence-electron chi connectivity index (χ0n) is 35.2. The second-order valence-corrected chi connectivity index (χ2v) is 18.6. The molecule has 6 aromatic carbocycles. The highest BCUT2D eigenvalue weighted by Crippen LogP contribution is 2.43. The Morgan fingerprint density at radius 2 is 1.05 bits per heavy atom. The summed E-state index contributed by atoms with van der Waals surface area (Å²) >= 11 is 0. The Balaban J connectivity index is 1.51. The topological polar surface area (TPSA) is 197 Å². The number of hydrogen-bond donors (Lipinski definition) is 7. The zero-order valence-corrected chi connectivity index (χ0v) is 36.0. The van der Waals surface area contributed by atoms with Gasteiger partial charge in [0.25, 0.3) is 21.9 Å². The van der Waals surface area contributed by atoms with Crippen LogP contribution in [0.25, 0.3) is 0 Å².